The van der Waals surface area contributed by atoms with E-state index in [1.165, 1.54) is 0 Å². The fourth-order valence-corrected chi connectivity index (χ4v) is 2.75. The van der Waals surface area contributed by atoms with Crippen LogP contribution < -0.4 is 20.1 Å². The molecular weight excluding hydrogens is 380 g/mol. The first kappa shape index (κ1) is 19.4. The predicted octanol–water partition coefficient (Wildman–Crippen LogP) is 4.45. The number of aromatic nitrogens is 2. The Kier molecular flexibility index (Phi) is 5.96. The minimum Gasteiger partial charge on any atom is -0.495 e. The zero-order chi connectivity index (χ0) is 20.1. The molecule has 8 heteroatoms. The Balaban J connectivity index is 1.87. The van der Waals surface area contributed by atoms with Gasteiger partial charge in [-0.05, 0) is 43.3 Å². The SMILES string of the molecule is COc1ccccc1NC(=O)c1cc(C)nc(Nc2cc(Cl)ccc2OC)n1. The van der Waals surface area contributed by atoms with Crippen molar-refractivity contribution in [2.75, 3.05) is 24.9 Å². The maximum absolute atomic E-state index is 12.7. The lowest BCUT2D eigenvalue weighted by atomic mass is 10.2. The predicted molar refractivity (Wildman–Crippen MR) is 109 cm³/mol. The van der Waals surface area contributed by atoms with Crippen molar-refractivity contribution in [1.82, 2.24) is 9.97 Å². The number of nitrogens with zero attached hydrogens (tertiary/aromatic N) is 2. The number of carbonyl (C=O) groups is 1. The first-order valence-corrected chi connectivity index (χ1v) is 8.78. The highest BCUT2D eigenvalue weighted by atomic mass is 35.5. The van der Waals surface area contributed by atoms with Crippen LogP contribution in [0.5, 0.6) is 11.5 Å². The second-order valence-corrected chi connectivity index (χ2v) is 6.28. The van der Waals surface area contributed by atoms with E-state index in [0.717, 1.165) is 0 Å². The number of para-hydroxylation sites is 2. The maximum atomic E-state index is 12.7. The van der Waals surface area contributed by atoms with Gasteiger partial charge in [-0.2, -0.15) is 0 Å². The number of amides is 1. The van der Waals surface area contributed by atoms with E-state index in [2.05, 4.69) is 20.6 Å². The molecule has 0 unspecified atom stereocenters. The third kappa shape index (κ3) is 4.50. The number of carbonyl (C=O) groups excluding carboxylic acids is 1. The zero-order valence-electron chi connectivity index (χ0n) is 15.6. The van der Waals surface area contributed by atoms with E-state index in [0.29, 0.717) is 33.6 Å². The van der Waals surface area contributed by atoms with Crippen molar-refractivity contribution >= 4 is 34.8 Å². The quantitative estimate of drug-likeness (QED) is 0.638. The summed E-state index contributed by atoms with van der Waals surface area (Å²) in [5.41, 5.74) is 1.99. The van der Waals surface area contributed by atoms with Gasteiger partial charge in [-0.25, -0.2) is 9.97 Å². The van der Waals surface area contributed by atoms with Gasteiger partial charge in [-0.3, -0.25) is 4.79 Å². The molecule has 28 heavy (non-hydrogen) atoms. The summed E-state index contributed by atoms with van der Waals surface area (Å²) in [5.74, 6) is 1.01. The molecule has 2 N–H and O–H groups in total. The Morgan fingerprint density at radius 2 is 1.68 bits per heavy atom. The molecule has 0 saturated heterocycles. The molecule has 0 spiro atoms. The van der Waals surface area contributed by atoms with Crippen LogP contribution >= 0.6 is 11.6 Å². The van der Waals surface area contributed by atoms with Gasteiger partial charge >= 0.3 is 0 Å². The number of benzene rings is 2. The third-order valence-electron chi connectivity index (χ3n) is 3.85. The van der Waals surface area contributed by atoms with Crippen LogP contribution in [0.2, 0.25) is 5.02 Å². The molecule has 1 heterocycles. The van der Waals surface area contributed by atoms with Crippen molar-refractivity contribution in [2.45, 2.75) is 6.92 Å². The largest absolute Gasteiger partial charge is 0.495 e. The molecule has 2 aromatic carbocycles. The van der Waals surface area contributed by atoms with Crippen molar-refractivity contribution in [3.05, 3.63) is 64.9 Å². The molecule has 0 fully saturated rings. The summed E-state index contributed by atoms with van der Waals surface area (Å²) in [6.07, 6.45) is 0. The number of aryl methyl sites for hydroxylation is 1. The van der Waals surface area contributed by atoms with Crippen LogP contribution in [0.4, 0.5) is 17.3 Å². The molecule has 0 radical (unpaired) electrons. The van der Waals surface area contributed by atoms with E-state index >= 15 is 0 Å². The number of hydrogen-bond acceptors (Lipinski definition) is 6. The molecule has 3 rings (SSSR count). The summed E-state index contributed by atoms with van der Waals surface area (Å²) in [6, 6.07) is 13.9. The lowest BCUT2D eigenvalue weighted by Gasteiger charge is -2.12. The molecule has 0 aliphatic rings. The summed E-state index contributed by atoms with van der Waals surface area (Å²) in [4.78, 5) is 21.3. The van der Waals surface area contributed by atoms with Gasteiger partial charge in [0.2, 0.25) is 5.95 Å². The van der Waals surface area contributed by atoms with Crippen molar-refractivity contribution < 1.29 is 14.3 Å². The molecule has 1 amide bonds. The second-order valence-electron chi connectivity index (χ2n) is 5.84. The Morgan fingerprint density at radius 1 is 0.964 bits per heavy atom. The average Bonchev–Trinajstić information content (AvgIpc) is 2.68. The average molecular weight is 399 g/mol. The van der Waals surface area contributed by atoms with Gasteiger partial charge < -0.3 is 20.1 Å². The van der Waals surface area contributed by atoms with Crippen LogP contribution in [-0.4, -0.2) is 30.1 Å². The minimum atomic E-state index is -0.379. The third-order valence-corrected chi connectivity index (χ3v) is 4.09. The number of hydrogen-bond donors (Lipinski definition) is 2. The molecule has 0 aliphatic carbocycles. The van der Waals surface area contributed by atoms with Gasteiger partial charge in [-0.15, -0.1) is 0 Å². The van der Waals surface area contributed by atoms with Gasteiger partial charge in [0.15, 0.2) is 0 Å². The molecule has 0 saturated carbocycles. The molecular formula is C20H19ClN4O3. The van der Waals surface area contributed by atoms with Gasteiger partial charge in [0, 0.05) is 10.7 Å². The molecule has 0 atom stereocenters. The normalized spacial score (nSPS) is 10.3. The summed E-state index contributed by atoms with van der Waals surface area (Å²) < 4.78 is 10.6. The van der Waals surface area contributed by atoms with Gasteiger partial charge in [-0.1, -0.05) is 23.7 Å². The van der Waals surface area contributed by atoms with E-state index < -0.39 is 0 Å². The lowest BCUT2D eigenvalue weighted by Crippen LogP contribution is -2.16. The Bertz CT molecular complexity index is 1010. The first-order chi connectivity index (χ1) is 13.5. The number of halogens is 1. The first-order valence-electron chi connectivity index (χ1n) is 8.41. The van der Waals surface area contributed by atoms with Crippen molar-refractivity contribution in [3.63, 3.8) is 0 Å². The van der Waals surface area contributed by atoms with Crippen LogP contribution in [0.3, 0.4) is 0 Å². The zero-order valence-corrected chi connectivity index (χ0v) is 16.4. The highest BCUT2D eigenvalue weighted by Crippen LogP contribution is 2.30. The Morgan fingerprint density at radius 3 is 2.43 bits per heavy atom. The smallest absolute Gasteiger partial charge is 0.274 e. The van der Waals surface area contributed by atoms with E-state index in [1.807, 2.05) is 12.1 Å². The topological polar surface area (TPSA) is 85.4 Å². The second kappa shape index (κ2) is 8.58. The van der Waals surface area contributed by atoms with E-state index in [-0.39, 0.29) is 17.5 Å². The van der Waals surface area contributed by atoms with Crippen molar-refractivity contribution in [3.8, 4) is 11.5 Å². The Hall–Kier alpha value is -3.32. The fourth-order valence-electron chi connectivity index (χ4n) is 2.57. The van der Waals surface area contributed by atoms with E-state index in [1.54, 1.807) is 57.5 Å². The van der Waals surface area contributed by atoms with Crippen LogP contribution in [0, 0.1) is 6.92 Å². The number of nitrogens with one attached hydrogen (secondary N) is 2. The summed E-state index contributed by atoms with van der Waals surface area (Å²) in [6.45, 7) is 1.78. The molecule has 0 aliphatic heterocycles. The molecule has 0 bridgehead atoms. The summed E-state index contributed by atoms with van der Waals surface area (Å²) in [5, 5.41) is 6.38. The standard InChI is InChI=1S/C20H19ClN4O3/c1-12-10-16(19(26)23-14-6-4-5-7-17(14)27-2)25-20(22-12)24-15-11-13(21)8-9-18(15)28-3/h4-11H,1-3H3,(H,23,26)(H,22,24,25). The monoisotopic (exact) mass is 398 g/mol. The molecule has 1 aromatic heterocycles. The van der Waals surface area contributed by atoms with Gasteiger partial charge in [0.1, 0.15) is 17.2 Å². The maximum Gasteiger partial charge on any atom is 0.274 e. The minimum absolute atomic E-state index is 0.210. The number of anilines is 3. The molecule has 144 valence electrons. The Labute approximate surface area is 167 Å². The summed E-state index contributed by atoms with van der Waals surface area (Å²) >= 11 is 6.06. The van der Waals surface area contributed by atoms with Crippen molar-refractivity contribution in [2.24, 2.45) is 0 Å². The number of methoxy groups -OCH3 is 2. The highest BCUT2D eigenvalue weighted by molar-refractivity contribution is 6.31. The van der Waals surface area contributed by atoms with Crippen LogP contribution in [0.15, 0.2) is 48.5 Å². The van der Waals surface area contributed by atoms with Crippen LogP contribution in [0.1, 0.15) is 16.2 Å². The highest BCUT2D eigenvalue weighted by Gasteiger charge is 2.14. The molecule has 3 aromatic rings. The van der Waals surface area contributed by atoms with Crippen LogP contribution in [0.25, 0.3) is 0 Å². The molecule has 7 nitrogen and oxygen atoms in total. The fraction of sp³-hybridized carbons (Fsp3) is 0.150. The lowest BCUT2D eigenvalue weighted by molar-refractivity contribution is 0.102. The van der Waals surface area contributed by atoms with Crippen molar-refractivity contribution in [1.29, 1.82) is 0 Å². The summed E-state index contributed by atoms with van der Waals surface area (Å²) in [7, 11) is 3.10. The van der Waals surface area contributed by atoms with Crippen LogP contribution in [-0.2, 0) is 0 Å². The van der Waals surface area contributed by atoms with E-state index in [9.17, 15) is 4.79 Å². The van der Waals surface area contributed by atoms with Gasteiger partial charge in [0.25, 0.3) is 5.91 Å². The van der Waals surface area contributed by atoms with Gasteiger partial charge in [0.05, 0.1) is 25.6 Å². The number of ether oxygens (including phenoxy) is 2. The number of rotatable bonds is 6. The van der Waals surface area contributed by atoms with E-state index in [4.69, 9.17) is 21.1 Å².